The molecule has 0 saturated carbocycles. The van der Waals surface area contributed by atoms with Gasteiger partial charge in [-0.15, -0.1) is 0 Å². The summed E-state index contributed by atoms with van der Waals surface area (Å²) in [5.74, 6) is 0. The molecular weight excluding hydrogens is 268 g/mol. The number of hydrogen-bond donors (Lipinski definition) is 1. The van der Waals surface area contributed by atoms with E-state index in [1.54, 1.807) is 6.26 Å². The van der Waals surface area contributed by atoms with Crippen molar-refractivity contribution in [3.05, 3.63) is 34.8 Å². The van der Waals surface area contributed by atoms with E-state index in [2.05, 4.69) is 32.3 Å². The number of allylic oxidation sites excluding steroid dienone is 1. The lowest BCUT2D eigenvalue weighted by molar-refractivity contribution is 0.135. The standard InChI is InChI=1S/C12H15BrN2O/c1-9-11(5-6-12(13)15-9)14-8-10-4-2-3-7-16-10/h3,5-7,10,14H,2,4,8H2,1H3. The van der Waals surface area contributed by atoms with E-state index >= 15 is 0 Å². The van der Waals surface area contributed by atoms with Crippen molar-refractivity contribution in [2.45, 2.75) is 25.9 Å². The second-order valence-electron chi connectivity index (χ2n) is 3.86. The maximum atomic E-state index is 5.49. The highest BCUT2D eigenvalue weighted by Crippen LogP contribution is 2.17. The fraction of sp³-hybridized carbons (Fsp3) is 0.417. The largest absolute Gasteiger partial charge is 0.497 e. The minimum atomic E-state index is 0.271. The fourth-order valence-corrected chi connectivity index (χ4v) is 2.07. The minimum absolute atomic E-state index is 0.271. The van der Waals surface area contributed by atoms with E-state index in [1.165, 1.54) is 0 Å². The third-order valence-electron chi connectivity index (χ3n) is 2.59. The first kappa shape index (κ1) is 11.5. The van der Waals surface area contributed by atoms with E-state index in [9.17, 15) is 0 Å². The molecule has 0 fully saturated rings. The highest BCUT2D eigenvalue weighted by molar-refractivity contribution is 9.10. The number of hydrogen-bond acceptors (Lipinski definition) is 3. The Hall–Kier alpha value is -1.03. The van der Waals surface area contributed by atoms with Crippen LogP contribution in [0.2, 0.25) is 0 Å². The second kappa shape index (κ2) is 5.34. The number of nitrogens with one attached hydrogen (secondary N) is 1. The van der Waals surface area contributed by atoms with Crippen molar-refractivity contribution < 1.29 is 4.74 Å². The molecule has 0 bridgehead atoms. The molecule has 86 valence electrons. The average Bonchev–Trinajstić information content (AvgIpc) is 2.29. The predicted octanol–water partition coefficient (Wildman–Crippen LogP) is 3.26. The lowest BCUT2D eigenvalue weighted by atomic mass is 10.1. The summed E-state index contributed by atoms with van der Waals surface area (Å²) in [7, 11) is 0. The zero-order valence-electron chi connectivity index (χ0n) is 9.24. The Balaban J connectivity index is 1.91. The summed E-state index contributed by atoms with van der Waals surface area (Å²) < 4.78 is 6.36. The number of anilines is 1. The molecule has 0 saturated heterocycles. The van der Waals surface area contributed by atoms with Gasteiger partial charge in [-0.25, -0.2) is 4.98 Å². The molecule has 16 heavy (non-hydrogen) atoms. The van der Waals surface area contributed by atoms with Crippen molar-refractivity contribution in [1.82, 2.24) is 4.98 Å². The van der Waals surface area contributed by atoms with Crippen LogP contribution in [0, 0.1) is 6.92 Å². The van der Waals surface area contributed by atoms with Gasteiger partial charge in [0.1, 0.15) is 10.7 Å². The zero-order valence-corrected chi connectivity index (χ0v) is 10.8. The molecule has 1 aliphatic rings. The zero-order chi connectivity index (χ0) is 11.4. The van der Waals surface area contributed by atoms with Gasteiger partial charge in [0.25, 0.3) is 0 Å². The molecule has 2 heterocycles. The molecule has 0 amide bonds. The van der Waals surface area contributed by atoms with Gasteiger partial charge in [-0.1, -0.05) is 0 Å². The van der Waals surface area contributed by atoms with Gasteiger partial charge in [-0.05, 0) is 53.9 Å². The van der Waals surface area contributed by atoms with Gasteiger partial charge < -0.3 is 10.1 Å². The van der Waals surface area contributed by atoms with E-state index in [4.69, 9.17) is 4.74 Å². The van der Waals surface area contributed by atoms with Crippen LogP contribution >= 0.6 is 15.9 Å². The number of nitrogens with zero attached hydrogens (tertiary/aromatic N) is 1. The van der Waals surface area contributed by atoms with E-state index in [-0.39, 0.29) is 6.10 Å². The Morgan fingerprint density at radius 2 is 2.44 bits per heavy atom. The molecule has 1 aliphatic heterocycles. The molecular formula is C12H15BrN2O. The number of pyridine rings is 1. The maximum Gasteiger partial charge on any atom is 0.115 e. The van der Waals surface area contributed by atoms with E-state index in [1.807, 2.05) is 19.1 Å². The summed E-state index contributed by atoms with van der Waals surface area (Å²) in [4.78, 5) is 4.34. The molecule has 3 nitrogen and oxygen atoms in total. The van der Waals surface area contributed by atoms with Crippen molar-refractivity contribution in [1.29, 1.82) is 0 Å². The van der Waals surface area contributed by atoms with Crippen molar-refractivity contribution in [2.75, 3.05) is 11.9 Å². The second-order valence-corrected chi connectivity index (χ2v) is 4.67. The van der Waals surface area contributed by atoms with Crippen molar-refractivity contribution >= 4 is 21.6 Å². The smallest absolute Gasteiger partial charge is 0.115 e. The van der Waals surface area contributed by atoms with Crippen LogP contribution in [0.25, 0.3) is 0 Å². The summed E-state index contributed by atoms with van der Waals surface area (Å²) in [6.45, 7) is 2.82. The van der Waals surface area contributed by atoms with Gasteiger partial charge in [0.05, 0.1) is 24.2 Å². The Morgan fingerprint density at radius 1 is 1.56 bits per heavy atom. The Bertz CT molecular complexity index is 393. The van der Waals surface area contributed by atoms with Crippen molar-refractivity contribution in [3.8, 4) is 0 Å². The number of rotatable bonds is 3. The van der Waals surface area contributed by atoms with Gasteiger partial charge in [0.2, 0.25) is 0 Å². The average molecular weight is 283 g/mol. The van der Waals surface area contributed by atoms with Crippen LogP contribution in [0.5, 0.6) is 0 Å². The van der Waals surface area contributed by atoms with Crippen LogP contribution in [0.4, 0.5) is 5.69 Å². The SMILES string of the molecule is Cc1nc(Br)ccc1NCC1CCC=CO1. The van der Waals surface area contributed by atoms with Gasteiger partial charge >= 0.3 is 0 Å². The van der Waals surface area contributed by atoms with Gasteiger partial charge in [-0.3, -0.25) is 0 Å². The molecule has 1 aromatic heterocycles. The maximum absolute atomic E-state index is 5.49. The van der Waals surface area contributed by atoms with Gasteiger partial charge in [0.15, 0.2) is 0 Å². The molecule has 0 aromatic carbocycles. The number of ether oxygens (including phenoxy) is 1. The molecule has 1 N–H and O–H groups in total. The summed E-state index contributed by atoms with van der Waals surface area (Å²) in [5, 5.41) is 3.37. The van der Waals surface area contributed by atoms with E-state index < -0.39 is 0 Å². The third kappa shape index (κ3) is 2.98. The normalized spacial score (nSPS) is 19.2. The van der Waals surface area contributed by atoms with Crippen LogP contribution < -0.4 is 5.32 Å². The van der Waals surface area contributed by atoms with Crippen LogP contribution in [-0.2, 0) is 4.74 Å². The molecule has 0 aliphatic carbocycles. The highest BCUT2D eigenvalue weighted by atomic mass is 79.9. The van der Waals surface area contributed by atoms with Crippen LogP contribution in [0.3, 0.4) is 0 Å². The van der Waals surface area contributed by atoms with E-state index in [0.717, 1.165) is 35.4 Å². The van der Waals surface area contributed by atoms with Crippen molar-refractivity contribution in [3.63, 3.8) is 0 Å². The third-order valence-corrected chi connectivity index (χ3v) is 3.04. The van der Waals surface area contributed by atoms with Crippen LogP contribution in [0.15, 0.2) is 29.1 Å². The molecule has 2 rings (SSSR count). The number of aromatic nitrogens is 1. The highest BCUT2D eigenvalue weighted by Gasteiger charge is 2.11. The number of halogens is 1. The first-order valence-electron chi connectivity index (χ1n) is 5.43. The molecule has 1 unspecified atom stereocenters. The Labute approximate surface area is 104 Å². The first-order chi connectivity index (χ1) is 7.75. The quantitative estimate of drug-likeness (QED) is 0.865. The van der Waals surface area contributed by atoms with Gasteiger partial charge in [0, 0.05) is 0 Å². The Kier molecular flexibility index (Phi) is 3.83. The fourth-order valence-electron chi connectivity index (χ4n) is 1.68. The van der Waals surface area contributed by atoms with Crippen molar-refractivity contribution in [2.24, 2.45) is 0 Å². The van der Waals surface area contributed by atoms with E-state index in [0.29, 0.717) is 0 Å². The summed E-state index contributed by atoms with van der Waals surface area (Å²) >= 11 is 3.35. The molecule has 0 radical (unpaired) electrons. The molecule has 4 heteroatoms. The predicted molar refractivity (Wildman–Crippen MR) is 68.4 cm³/mol. The summed E-state index contributed by atoms with van der Waals surface area (Å²) in [5.41, 5.74) is 2.07. The number of aryl methyl sites for hydroxylation is 1. The Morgan fingerprint density at radius 3 is 3.12 bits per heavy atom. The lowest BCUT2D eigenvalue weighted by Crippen LogP contribution is -2.23. The first-order valence-corrected chi connectivity index (χ1v) is 6.22. The summed E-state index contributed by atoms with van der Waals surface area (Å²) in [6.07, 6.45) is 6.30. The van der Waals surface area contributed by atoms with Crippen LogP contribution in [-0.4, -0.2) is 17.6 Å². The minimum Gasteiger partial charge on any atom is -0.497 e. The molecule has 1 atom stereocenters. The molecule has 1 aromatic rings. The summed E-state index contributed by atoms with van der Waals surface area (Å²) in [6, 6.07) is 3.97. The van der Waals surface area contributed by atoms with Gasteiger partial charge in [-0.2, -0.15) is 0 Å². The monoisotopic (exact) mass is 282 g/mol. The molecule has 0 spiro atoms. The van der Waals surface area contributed by atoms with Crippen LogP contribution in [0.1, 0.15) is 18.5 Å². The topological polar surface area (TPSA) is 34.2 Å². The lowest BCUT2D eigenvalue weighted by Gasteiger charge is -2.20.